The van der Waals surface area contributed by atoms with Crippen LogP contribution in [0.5, 0.6) is 5.75 Å². The highest BCUT2D eigenvalue weighted by molar-refractivity contribution is 6.09. The number of ether oxygens (including phenoxy) is 1. The van der Waals surface area contributed by atoms with Crippen LogP contribution in [-0.2, 0) is 6.54 Å². The first-order valence-electron chi connectivity index (χ1n) is 11.0. The predicted molar refractivity (Wildman–Crippen MR) is 121 cm³/mol. The van der Waals surface area contributed by atoms with E-state index in [9.17, 15) is 13.6 Å². The number of hydrogen-bond donors (Lipinski definition) is 2. The van der Waals surface area contributed by atoms with Crippen LogP contribution >= 0.6 is 0 Å². The van der Waals surface area contributed by atoms with Crippen LogP contribution in [0.1, 0.15) is 40.9 Å². The number of halogens is 2. The van der Waals surface area contributed by atoms with Gasteiger partial charge < -0.3 is 20.3 Å². The first-order chi connectivity index (χ1) is 16.4. The summed E-state index contributed by atoms with van der Waals surface area (Å²) in [5, 5.41) is 6.66. The van der Waals surface area contributed by atoms with Crippen molar-refractivity contribution in [2.24, 2.45) is 0 Å². The minimum atomic E-state index is -2.90. The van der Waals surface area contributed by atoms with Crippen LogP contribution in [-0.4, -0.2) is 44.5 Å². The third-order valence-corrected chi connectivity index (χ3v) is 5.96. The molecule has 2 N–H and O–H groups in total. The van der Waals surface area contributed by atoms with Gasteiger partial charge in [0, 0.05) is 35.1 Å². The summed E-state index contributed by atoms with van der Waals surface area (Å²) in [6.45, 7) is -0.542. The van der Waals surface area contributed by atoms with Crippen LogP contribution in [0.25, 0.3) is 0 Å². The van der Waals surface area contributed by atoms with E-state index in [1.165, 1.54) is 12.4 Å². The molecule has 34 heavy (non-hydrogen) atoms. The number of aromatic nitrogens is 4. The van der Waals surface area contributed by atoms with Gasteiger partial charge in [-0.15, -0.1) is 0 Å². The van der Waals surface area contributed by atoms with E-state index in [0.717, 1.165) is 42.0 Å². The Kier molecular flexibility index (Phi) is 5.91. The fourth-order valence-corrected chi connectivity index (χ4v) is 4.33. The summed E-state index contributed by atoms with van der Waals surface area (Å²) in [5.41, 5.74) is 3.17. The molecule has 2 aliphatic rings. The minimum absolute atomic E-state index is 0.0382. The zero-order valence-electron chi connectivity index (χ0n) is 18.4. The number of aryl methyl sites for hydroxylation is 1. The second-order valence-electron chi connectivity index (χ2n) is 8.39. The molecule has 2 atom stereocenters. The predicted octanol–water partition coefficient (Wildman–Crippen LogP) is 3.78. The quantitative estimate of drug-likeness (QED) is 0.541. The zero-order valence-corrected chi connectivity index (χ0v) is 18.4. The summed E-state index contributed by atoms with van der Waals surface area (Å²) in [4.78, 5) is 31.3. The number of anilines is 3. The summed E-state index contributed by atoms with van der Waals surface area (Å²) in [5.74, 6) is 0.994. The van der Waals surface area contributed by atoms with E-state index in [-0.39, 0.29) is 23.7 Å². The van der Waals surface area contributed by atoms with Crippen molar-refractivity contribution in [2.75, 3.05) is 15.5 Å². The second-order valence-corrected chi connectivity index (χ2v) is 8.39. The summed E-state index contributed by atoms with van der Waals surface area (Å²) < 4.78 is 28.7. The van der Waals surface area contributed by atoms with Gasteiger partial charge in [0.1, 0.15) is 5.82 Å². The molecule has 0 unspecified atom stereocenters. The highest BCUT2D eigenvalue weighted by atomic mass is 19.3. The van der Waals surface area contributed by atoms with E-state index in [4.69, 9.17) is 0 Å². The minimum Gasteiger partial charge on any atom is -0.432 e. The average Bonchev–Trinajstić information content (AvgIpc) is 3.39. The van der Waals surface area contributed by atoms with Crippen LogP contribution in [0.15, 0.2) is 43.0 Å². The molecule has 176 valence electrons. The van der Waals surface area contributed by atoms with Gasteiger partial charge in [0.25, 0.3) is 5.91 Å². The first kappa shape index (κ1) is 21.9. The average molecular weight is 467 g/mol. The Morgan fingerprint density at radius 3 is 2.50 bits per heavy atom. The second kappa shape index (κ2) is 9.16. The molecule has 1 aliphatic heterocycles. The summed E-state index contributed by atoms with van der Waals surface area (Å²) >= 11 is 0. The van der Waals surface area contributed by atoms with Gasteiger partial charge in [-0.2, -0.15) is 8.78 Å². The maximum absolute atomic E-state index is 12.8. The van der Waals surface area contributed by atoms with Crippen LogP contribution < -0.4 is 20.3 Å². The van der Waals surface area contributed by atoms with E-state index in [2.05, 4.69) is 35.3 Å². The highest BCUT2D eigenvalue weighted by Gasteiger charge is 2.29. The molecular formula is C23H23F2N7O2. The lowest BCUT2D eigenvalue weighted by molar-refractivity contribution is -0.0503. The Labute approximate surface area is 194 Å². The monoisotopic (exact) mass is 467 g/mol. The first-order valence-corrected chi connectivity index (χ1v) is 11.0. The number of carbonyl (C=O) groups excluding carboxylic acids is 1. The van der Waals surface area contributed by atoms with Gasteiger partial charge in [0.05, 0.1) is 30.8 Å². The Balaban J connectivity index is 1.14. The maximum atomic E-state index is 12.8. The van der Waals surface area contributed by atoms with Crippen LogP contribution in [0.3, 0.4) is 0 Å². The van der Waals surface area contributed by atoms with Crippen molar-refractivity contribution in [3.63, 3.8) is 0 Å². The molecule has 11 heteroatoms. The number of rotatable bonds is 7. The fraction of sp³-hybridized carbons (Fsp3) is 0.348. The van der Waals surface area contributed by atoms with Crippen LogP contribution in [0.4, 0.5) is 26.2 Å². The van der Waals surface area contributed by atoms with Crippen molar-refractivity contribution in [3.8, 4) is 5.75 Å². The van der Waals surface area contributed by atoms with Gasteiger partial charge in [0.15, 0.2) is 5.75 Å². The van der Waals surface area contributed by atoms with Gasteiger partial charge in [-0.05, 0) is 44.4 Å². The summed E-state index contributed by atoms with van der Waals surface area (Å²) in [6.07, 6.45) is 8.57. The number of alkyl halides is 2. The molecule has 9 nitrogen and oxygen atoms in total. The molecular weight excluding hydrogens is 444 g/mol. The summed E-state index contributed by atoms with van der Waals surface area (Å²) in [7, 11) is 0. The Hall–Kier alpha value is -3.89. The number of nitrogens with one attached hydrogen (secondary N) is 2. The van der Waals surface area contributed by atoms with E-state index in [1.807, 2.05) is 25.1 Å². The smallest absolute Gasteiger partial charge is 0.387 e. The fourth-order valence-electron chi connectivity index (χ4n) is 4.33. The molecule has 1 aliphatic carbocycles. The van der Waals surface area contributed by atoms with E-state index < -0.39 is 6.61 Å². The van der Waals surface area contributed by atoms with Gasteiger partial charge >= 0.3 is 6.61 Å². The molecule has 4 heterocycles. The van der Waals surface area contributed by atoms with E-state index >= 15 is 0 Å². The highest BCUT2D eigenvalue weighted by Crippen LogP contribution is 2.29. The summed E-state index contributed by atoms with van der Waals surface area (Å²) in [6, 6.07) is 5.95. The van der Waals surface area contributed by atoms with Crippen molar-refractivity contribution in [1.29, 1.82) is 0 Å². The Bertz CT molecular complexity index is 1170. The molecule has 0 bridgehead atoms. The molecule has 0 saturated heterocycles. The van der Waals surface area contributed by atoms with Crippen LogP contribution in [0, 0.1) is 6.92 Å². The topological polar surface area (TPSA) is 105 Å². The van der Waals surface area contributed by atoms with Gasteiger partial charge in [-0.1, -0.05) is 0 Å². The molecule has 1 fully saturated rings. The van der Waals surface area contributed by atoms with E-state index in [0.29, 0.717) is 18.1 Å². The van der Waals surface area contributed by atoms with Crippen molar-refractivity contribution in [1.82, 2.24) is 19.9 Å². The Morgan fingerprint density at radius 2 is 1.79 bits per heavy atom. The SMILES string of the molecule is Cc1cc2c(cn1)CN(c1ccc(N[C@H]3CC[C@H](Nc4ncc(OC(F)F)cn4)C3)nc1)C2=O. The molecule has 0 spiro atoms. The molecule has 5 rings (SSSR count). The molecule has 3 aromatic heterocycles. The van der Waals surface area contributed by atoms with Crippen molar-refractivity contribution < 1.29 is 18.3 Å². The molecule has 3 aromatic rings. The number of fused-ring (bicyclic) bond motifs is 1. The number of pyridine rings is 2. The zero-order chi connectivity index (χ0) is 23.7. The lowest BCUT2D eigenvalue weighted by atomic mass is 10.1. The molecule has 0 radical (unpaired) electrons. The third kappa shape index (κ3) is 4.73. The molecule has 0 aromatic carbocycles. The largest absolute Gasteiger partial charge is 0.432 e. The van der Waals surface area contributed by atoms with Crippen LogP contribution in [0.2, 0.25) is 0 Å². The lowest BCUT2D eigenvalue weighted by Crippen LogP contribution is -2.24. The maximum Gasteiger partial charge on any atom is 0.387 e. The Morgan fingerprint density at radius 1 is 1.03 bits per heavy atom. The van der Waals surface area contributed by atoms with E-state index in [1.54, 1.807) is 17.3 Å². The standard InChI is InChI=1S/C23H23F2N7O2/c1-13-6-19-14(8-26-13)12-32(21(19)33)17-4-5-20(27-9-17)30-15-2-3-16(7-15)31-23-28-10-18(11-29-23)34-22(24)25/h4-6,8-11,15-16,22H,2-3,7,12H2,1H3,(H,27,30)(H,28,29,31)/t15-,16-/m0/s1. The lowest BCUT2D eigenvalue weighted by Gasteiger charge is -2.18. The van der Waals surface area contributed by atoms with Gasteiger partial charge in [-0.3, -0.25) is 9.78 Å². The van der Waals surface area contributed by atoms with Gasteiger partial charge in [0.2, 0.25) is 5.95 Å². The van der Waals surface area contributed by atoms with Crippen molar-refractivity contribution in [3.05, 3.63) is 59.8 Å². The number of amides is 1. The normalized spacial score (nSPS) is 19.4. The van der Waals surface area contributed by atoms with Gasteiger partial charge in [-0.25, -0.2) is 15.0 Å². The number of hydrogen-bond acceptors (Lipinski definition) is 8. The van der Waals surface area contributed by atoms with Crippen molar-refractivity contribution >= 4 is 23.4 Å². The third-order valence-electron chi connectivity index (χ3n) is 5.96. The molecule has 1 amide bonds. The number of nitrogens with zero attached hydrogens (tertiary/aromatic N) is 5. The van der Waals surface area contributed by atoms with Crippen molar-refractivity contribution in [2.45, 2.75) is 51.4 Å². The molecule has 1 saturated carbocycles. The number of carbonyl (C=O) groups is 1.